The number of hydrogen-bond acceptors (Lipinski definition) is 2. The molecular formula is C22H27N3O. The van der Waals surface area contributed by atoms with Gasteiger partial charge in [0.15, 0.2) is 0 Å². The first-order chi connectivity index (χ1) is 12.2. The molecule has 1 aromatic carbocycles. The van der Waals surface area contributed by atoms with Gasteiger partial charge in [-0.2, -0.15) is 0 Å². The summed E-state index contributed by atoms with van der Waals surface area (Å²) in [5.74, 6) is 0.434. The number of carbonyl (C=O) groups is 1. The van der Waals surface area contributed by atoms with E-state index in [9.17, 15) is 4.79 Å². The molecule has 0 saturated heterocycles. The zero-order valence-electron chi connectivity index (χ0n) is 16.2. The summed E-state index contributed by atoms with van der Waals surface area (Å²) in [5, 5.41) is 4.12. The average molecular weight is 349 g/mol. The van der Waals surface area contributed by atoms with E-state index in [-0.39, 0.29) is 11.4 Å². The van der Waals surface area contributed by atoms with Crippen molar-refractivity contribution in [3.05, 3.63) is 65.5 Å². The highest BCUT2D eigenvalue weighted by molar-refractivity contribution is 5.97. The van der Waals surface area contributed by atoms with Crippen LogP contribution < -0.4 is 5.32 Å². The van der Waals surface area contributed by atoms with Crippen molar-refractivity contribution in [2.24, 2.45) is 7.05 Å². The predicted octanol–water partition coefficient (Wildman–Crippen LogP) is 4.45. The number of carbonyl (C=O) groups excluding carboxylic acids is 1. The third-order valence-electron chi connectivity index (χ3n) is 4.71. The molecule has 0 atom stereocenters. The van der Waals surface area contributed by atoms with Crippen LogP contribution >= 0.6 is 0 Å². The van der Waals surface area contributed by atoms with Crippen molar-refractivity contribution < 1.29 is 4.79 Å². The van der Waals surface area contributed by atoms with Gasteiger partial charge >= 0.3 is 0 Å². The lowest BCUT2D eigenvalue weighted by molar-refractivity contribution is 0.0913. The van der Waals surface area contributed by atoms with E-state index in [4.69, 9.17) is 0 Å². The number of aromatic nitrogens is 2. The number of nitrogens with one attached hydrogen (secondary N) is 1. The minimum absolute atomic E-state index is 0.0907. The van der Waals surface area contributed by atoms with Crippen LogP contribution in [0.25, 0.3) is 11.0 Å². The standard InChI is InChI=1S/C22H27N3O/c1-15(2)17-8-6-16(7-9-17)13-22(3,4)24-21(26)19-12-18-10-11-25(5)20(18)23-14-19/h6-12,14-15H,13H2,1-5H3,(H,24,26). The minimum atomic E-state index is -0.345. The number of nitrogens with zero attached hydrogens (tertiary/aromatic N) is 2. The van der Waals surface area contributed by atoms with Crippen molar-refractivity contribution in [1.29, 1.82) is 0 Å². The molecule has 26 heavy (non-hydrogen) atoms. The van der Waals surface area contributed by atoms with E-state index in [1.54, 1.807) is 6.20 Å². The molecule has 136 valence electrons. The van der Waals surface area contributed by atoms with Gasteiger partial charge in [0.1, 0.15) is 5.65 Å². The van der Waals surface area contributed by atoms with Crippen molar-refractivity contribution in [3.8, 4) is 0 Å². The van der Waals surface area contributed by atoms with Gasteiger partial charge in [0.05, 0.1) is 5.56 Å². The molecule has 0 aliphatic heterocycles. The van der Waals surface area contributed by atoms with Gasteiger partial charge in [-0.1, -0.05) is 38.1 Å². The van der Waals surface area contributed by atoms with Gasteiger partial charge in [-0.3, -0.25) is 4.79 Å². The summed E-state index contributed by atoms with van der Waals surface area (Å²) < 4.78 is 1.95. The number of pyridine rings is 1. The van der Waals surface area contributed by atoms with E-state index in [2.05, 4.69) is 62.3 Å². The average Bonchev–Trinajstić information content (AvgIpc) is 2.95. The maximum atomic E-state index is 12.7. The topological polar surface area (TPSA) is 46.9 Å². The first kappa shape index (κ1) is 18.2. The summed E-state index contributed by atoms with van der Waals surface area (Å²) in [7, 11) is 1.95. The Morgan fingerprint density at radius 1 is 1.19 bits per heavy atom. The van der Waals surface area contributed by atoms with Crippen molar-refractivity contribution in [2.45, 2.75) is 45.6 Å². The molecule has 0 aliphatic carbocycles. The van der Waals surface area contributed by atoms with E-state index >= 15 is 0 Å². The molecule has 0 saturated carbocycles. The lowest BCUT2D eigenvalue weighted by Crippen LogP contribution is -2.45. The van der Waals surface area contributed by atoms with Gasteiger partial charge in [0.2, 0.25) is 0 Å². The van der Waals surface area contributed by atoms with E-state index in [0.29, 0.717) is 11.5 Å². The maximum Gasteiger partial charge on any atom is 0.253 e. The molecule has 2 aromatic heterocycles. The Kier molecular flexibility index (Phi) is 4.86. The van der Waals surface area contributed by atoms with Crippen LogP contribution in [0.2, 0.25) is 0 Å². The van der Waals surface area contributed by atoms with Gasteiger partial charge < -0.3 is 9.88 Å². The SMILES string of the molecule is CC(C)c1ccc(CC(C)(C)NC(=O)c2cnc3c(ccn3C)c2)cc1. The van der Waals surface area contributed by atoms with E-state index < -0.39 is 0 Å². The Balaban J connectivity index is 1.71. The fraction of sp³-hybridized carbons (Fsp3) is 0.364. The summed E-state index contributed by atoms with van der Waals surface area (Å²) in [4.78, 5) is 17.1. The Bertz CT molecular complexity index is 920. The molecule has 0 fully saturated rings. The number of hydrogen-bond donors (Lipinski definition) is 1. The molecule has 3 aromatic rings. The Morgan fingerprint density at radius 2 is 1.88 bits per heavy atom. The number of aryl methyl sites for hydroxylation is 1. The second-order valence-corrected chi connectivity index (χ2v) is 7.97. The van der Waals surface area contributed by atoms with E-state index in [1.807, 2.05) is 29.9 Å². The van der Waals surface area contributed by atoms with Crippen molar-refractivity contribution in [2.75, 3.05) is 0 Å². The molecule has 0 radical (unpaired) electrons. The van der Waals surface area contributed by atoms with Gasteiger partial charge in [0.25, 0.3) is 5.91 Å². The van der Waals surface area contributed by atoms with Crippen molar-refractivity contribution in [1.82, 2.24) is 14.9 Å². The third kappa shape index (κ3) is 3.96. The summed E-state index contributed by atoms with van der Waals surface area (Å²) >= 11 is 0. The number of fused-ring (bicyclic) bond motifs is 1. The lowest BCUT2D eigenvalue weighted by Gasteiger charge is -2.26. The van der Waals surface area contributed by atoms with Gasteiger partial charge in [-0.25, -0.2) is 4.98 Å². The summed E-state index contributed by atoms with van der Waals surface area (Å²) in [5.41, 5.74) is 3.68. The van der Waals surface area contributed by atoms with Crippen LogP contribution in [0.4, 0.5) is 0 Å². The second-order valence-electron chi connectivity index (χ2n) is 7.97. The fourth-order valence-electron chi connectivity index (χ4n) is 3.23. The Morgan fingerprint density at radius 3 is 2.54 bits per heavy atom. The highest BCUT2D eigenvalue weighted by atomic mass is 16.1. The van der Waals surface area contributed by atoms with Crippen LogP contribution in [-0.2, 0) is 13.5 Å². The van der Waals surface area contributed by atoms with Crippen LogP contribution in [0.5, 0.6) is 0 Å². The van der Waals surface area contributed by atoms with Crippen LogP contribution in [0.1, 0.15) is 55.1 Å². The monoisotopic (exact) mass is 349 g/mol. The van der Waals surface area contributed by atoms with Crippen LogP contribution in [0.3, 0.4) is 0 Å². The van der Waals surface area contributed by atoms with Crippen molar-refractivity contribution in [3.63, 3.8) is 0 Å². The van der Waals surface area contributed by atoms with Crippen molar-refractivity contribution >= 4 is 16.9 Å². The first-order valence-corrected chi connectivity index (χ1v) is 9.07. The lowest BCUT2D eigenvalue weighted by atomic mass is 9.92. The van der Waals surface area contributed by atoms with Gasteiger partial charge in [-0.05, 0) is 49.4 Å². The molecule has 2 heterocycles. The number of rotatable bonds is 5. The molecule has 0 spiro atoms. The second kappa shape index (κ2) is 6.94. The fourth-order valence-corrected chi connectivity index (χ4v) is 3.23. The molecule has 1 amide bonds. The van der Waals surface area contributed by atoms with E-state index in [1.165, 1.54) is 11.1 Å². The zero-order chi connectivity index (χ0) is 18.9. The van der Waals surface area contributed by atoms with E-state index in [0.717, 1.165) is 17.5 Å². The molecule has 1 N–H and O–H groups in total. The van der Waals surface area contributed by atoms with Gasteiger partial charge in [-0.15, -0.1) is 0 Å². The smallest absolute Gasteiger partial charge is 0.253 e. The molecule has 4 heteroatoms. The Hall–Kier alpha value is -2.62. The van der Waals surface area contributed by atoms with Crippen LogP contribution in [0.15, 0.2) is 48.8 Å². The van der Waals surface area contributed by atoms with Gasteiger partial charge in [0, 0.05) is 30.4 Å². The number of amides is 1. The third-order valence-corrected chi connectivity index (χ3v) is 4.71. The molecule has 4 nitrogen and oxygen atoms in total. The minimum Gasteiger partial charge on any atom is -0.347 e. The summed E-state index contributed by atoms with van der Waals surface area (Å²) in [6, 6.07) is 12.5. The zero-order valence-corrected chi connectivity index (χ0v) is 16.2. The number of benzene rings is 1. The predicted molar refractivity (Wildman–Crippen MR) is 106 cm³/mol. The largest absolute Gasteiger partial charge is 0.347 e. The normalized spacial score (nSPS) is 11.9. The quantitative estimate of drug-likeness (QED) is 0.740. The highest BCUT2D eigenvalue weighted by Gasteiger charge is 2.22. The summed E-state index contributed by atoms with van der Waals surface area (Å²) in [6.07, 6.45) is 4.37. The molecule has 3 rings (SSSR count). The summed E-state index contributed by atoms with van der Waals surface area (Å²) in [6.45, 7) is 8.49. The van der Waals surface area contributed by atoms with Crippen LogP contribution in [-0.4, -0.2) is 21.0 Å². The molecular weight excluding hydrogens is 322 g/mol. The first-order valence-electron chi connectivity index (χ1n) is 9.07. The Labute approximate surface area is 155 Å². The highest BCUT2D eigenvalue weighted by Crippen LogP contribution is 2.19. The molecule has 0 unspecified atom stereocenters. The van der Waals surface area contributed by atoms with Crippen LogP contribution in [0, 0.1) is 0 Å². The molecule has 0 bridgehead atoms. The molecule has 0 aliphatic rings. The maximum absolute atomic E-state index is 12.7.